The summed E-state index contributed by atoms with van der Waals surface area (Å²) < 4.78 is 11.2. The van der Waals surface area contributed by atoms with E-state index in [4.69, 9.17) is 19.9 Å². The minimum Gasteiger partial charge on any atom is -0.495 e. The van der Waals surface area contributed by atoms with Gasteiger partial charge in [-0.2, -0.15) is 0 Å². The van der Waals surface area contributed by atoms with E-state index in [-0.39, 0.29) is 17.9 Å². The van der Waals surface area contributed by atoms with Crippen LogP contribution < -0.4 is 15.4 Å². The third-order valence-corrected chi connectivity index (χ3v) is 9.05. The summed E-state index contributed by atoms with van der Waals surface area (Å²) in [7, 11) is 3.35. The maximum Gasteiger partial charge on any atom is 0.251 e. The number of nitrogens with one attached hydrogen (secondary N) is 3. The highest BCUT2D eigenvalue weighted by Gasteiger charge is 2.32. The van der Waals surface area contributed by atoms with Gasteiger partial charge in [0.2, 0.25) is 5.95 Å². The number of aromatic nitrogens is 2. The second-order valence-corrected chi connectivity index (χ2v) is 11.7. The van der Waals surface area contributed by atoms with Gasteiger partial charge in [-0.05, 0) is 67.9 Å². The van der Waals surface area contributed by atoms with Crippen LogP contribution >= 0.6 is 0 Å². The predicted octanol–water partition coefficient (Wildman–Crippen LogP) is 4.77. The van der Waals surface area contributed by atoms with E-state index in [0.29, 0.717) is 41.1 Å². The van der Waals surface area contributed by atoms with E-state index in [2.05, 4.69) is 25.5 Å². The molecule has 2 aliphatic heterocycles. The minimum absolute atomic E-state index is 0.0990. The van der Waals surface area contributed by atoms with Crippen LogP contribution in [-0.4, -0.2) is 84.7 Å². The summed E-state index contributed by atoms with van der Waals surface area (Å²) in [5, 5.41) is 15.3. The molecule has 2 aromatic carbocycles. The van der Waals surface area contributed by atoms with Crippen molar-refractivity contribution in [3.8, 4) is 5.75 Å². The molecule has 1 amide bonds. The molecule has 3 heterocycles. The van der Waals surface area contributed by atoms with E-state index >= 15 is 0 Å². The standard InChI is InChI=1S/C34H41N7O3/c1-36-31(22-6-4-3-5-7-22)30-27(35)10-8-24-21-37-34(40-32(24)30)39-28-11-9-23(20-29(28)43-2)33(42)38-25-12-16-41(17-13-25)26-14-18-44-19-15-26/h3-7,9,11,20-21,25-26,30,35H,8,10,12-19H2,1-2H3,(H,38,42)(H,37,39,40). The SMILES string of the molecule is CN=C(c1ccccc1)C1C(=N)CCc2cnc(Nc3ccc(C(=O)NC4CCN(C5CCOCC5)CC4)cc3OC)nc21. The van der Waals surface area contributed by atoms with Crippen molar-refractivity contribution in [1.29, 1.82) is 5.41 Å². The van der Waals surface area contributed by atoms with Crippen LogP contribution in [0.2, 0.25) is 0 Å². The number of benzene rings is 2. The number of amides is 1. The molecule has 6 rings (SSSR count). The summed E-state index contributed by atoms with van der Waals surface area (Å²) in [5.74, 6) is 0.487. The van der Waals surface area contributed by atoms with E-state index in [1.807, 2.05) is 42.6 Å². The highest BCUT2D eigenvalue weighted by molar-refractivity contribution is 6.18. The molecule has 1 aliphatic carbocycles. The van der Waals surface area contributed by atoms with Crippen LogP contribution in [0, 0.1) is 5.41 Å². The van der Waals surface area contributed by atoms with Crippen molar-refractivity contribution in [2.24, 2.45) is 4.99 Å². The number of hydrogen-bond acceptors (Lipinski definition) is 9. The number of ether oxygens (including phenoxy) is 2. The van der Waals surface area contributed by atoms with Crippen molar-refractivity contribution < 1.29 is 14.3 Å². The Morgan fingerprint density at radius 1 is 1.05 bits per heavy atom. The van der Waals surface area contributed by atoms with Crippen LogP contribution in [0.15, 0.2) is 59.7 Å². The predicted molar refractivity (Wildman–Crippen MR) is 172 cm³/mol. The van der Waals surface area contributed by atoms with Gasteiger partial charge in [0.15, 0.2) is 0 Å². The fourth-order valence-corrected chi connectivity index (χ4v) is 6.61. The molecule has 2 saturated heterocycles. The Kier molecular flexibility index (Phi) is 9.28. The van der Waals surface area contributed by atoms with Crippen molar-refractivity contribution in [2.45, 2.75) is 56.5 Å². The van der Waals surface area contributed by atoms with Crippen LogP contribution in [0.5, 0.6) is 5.75 Å². The van der Waals surface area contributed by atoms with E-state index in [1.165, 1.54) is 0 Å². The summed E-state index contributed by atoms with van der Waals surface area (Å²) in [6.45, 7) is 3.70. The molecule has 0 spiro atoms. The number of aliphatic imine (C=N–C) groups is 1. The average molecular weight is 596 g/mol. The molecule has 10 heteroatoms. The summed E-state index contributed by atoms with van der Waals surface area (Å²) in [4.78, 5) is 29.8. The number of piperidine rings is 1. The Hall–Kier alpha value is -4.15. The van der Waals surface area contributed by atoms with Crippen LogP contribution in [0.1, 0.15) is 65.2 Å². The monoisotopic (exact) mass is 595 g/mol. The lowest BCUT2D eigenvalue weighted by Crippen LogP contribution is -2.49. The van der Waals surface area contributed by atoms with Crippen molar-refractivity contribution in [1.82, 2.24) is 20.2 Å². The molecule has 0 radical (unpaired) electrons. The van der Waals surface area contributed by atoms with Crippen LogP contribution in [-0.2, 0) is 11.2 Å². The number of hydrogen-bond donors (Lipinski definition) is 3. The number of methoxy groups -OCH3 is 1. The Bertz CT molecular complexity index is 1510. The zero-order chi connectivity index (χ0) is 30.5. The van der Waals surface area contributed by atoms with Gasteiger partial charge in [-0.1, -0.05) is 30.3 Å². The maximum atomic E-state index is 13.2. The molecule has 44 heavy (non-hydrogen) atoms. The van der Waals surface area contributed by atoms with Crippen molar-refractivity contribution >= 4 is 29.0 Å². The molecule has 1 aromatic heterocycles. The third-order valence-electron chi connectivity index (χ3n) is 9.05. The van der Waals surface area contributed by atoms with Crippen molar-refractivity contribution in [2.75, 3.05) is 45.8 Å². The number of carbonyl (C=O) groups excluding carboxylic acids is 1. The molecular formula is C34H41N7O3. The maximum absolute atomic E-state index is 13.2. The lowest BCUT2D eigenvalue weighted by atomic mass is 9.80. The molecule has 230 valence electrons. The average Bonchev–Trinajstić information content (AvgIpc) is 3.07. The van der Waals surface area contributed by atoms with Gasteiger partial charge in [0.05, 0.1) is 30.1 Å². The van der Waals surface area contributed by atoms with Gasteiger partial charge in [0, 0.05) is 62.9 Å². The Labute approximate surface area is 258 Å². The van der Waals surface area contributed by atoms with Gasteiger partial charge in [0.25, 0.3) is 5.91 Å². The summed E-state index contributed by atoms with van der Waals surface area (Å²) in [5.41, 5.74) is 5.41. The molecule has 1 atom stereocenters. The lowest BCUT2D eigenvalue weighted by molar-refractivity contribution is 0.0238. The van der Waals surface area contributed by atoms with Gasteiger partial charge >= 0.3 is 0 Å². The van der Waals surface area contributed by atoms with E-state index in [0.717, 1.165) is 80.9 Å². The van der Waals surface area contributed by atoms with E-state index in [9.17, 15) is 4.79 Å². The molecule has 3 N–H and O–H groups in total. The Morgan fingerprint density at radius 2 is 1.82 bits per heavy atom. The summed E-state index contributed by atoms with van der Waals surface area (Å²) >= 11 is 0. The van der Waals surface area contributed by atoms with Gasteiger partial charge < -0.3 is 30.4 Å². The lowest BCUT2D eigenvalue weighted by Gasteiger charge is -2.39. The minimum atomic E-state index is -0.341. The second-order valence-electron chi connectivity index (χ2n) is 11.7. The quantitative estimate of drug-likeness (QED) is 0.321. The van der Waals surface area contributed by atoms with Crippen molar-refractivity contribution in [3.05, 3.63) is 77.1 Å². The number of fused-ring (bicyclic) bond motifs is 1. The van der Waals surface area contributed by atoms with Gasteiger partial charge in [-0.25, -0.2) is 9.97 Å². The zero-order valence-electron chi connectivity index (χ0n) is 25.5. The molecule has 3 aromatic rings. The fraction of sp³-hybridized carbons (Fsp3) is 0.441. The number of aryl methyl sites for hydroxylation is 1. The fourth-order valence-electron chi connectivity index (χ4n) is 6.61. The molecule has 10 nitrogen and oxygen atoms in total. The molecule has 0 saturated carbocycles. The highest BCUT2D eigenvalue weighted by Crippen LogP contribution is 2.33. The van der Waals surface area contributed by atoms with Gasteiger partial charge in [-0.15, -0.1) is 0 Å². The van der Waals surface area contributed by atoms with Crippen LogP contribution in [0.4, 0.5) is 11.6 Å². The first-order chi connectivity index (χ1) is 21.5. The molecule has 2 fully saturated rings. The first-order valence-corrected chi connectivity index (χ1v) is 15.6. The normalized spacial score (nSPS) is 20.2. The second kappa shape index (κ2) is 13.7. The molecular weight excluding hydrogens is 554 g/mol. The van der Waals surface area contributed by atoms with Gasteiger partial charge in [-0.3, -0.25) is 9.79 Å². The Balaban J connectivity index is 1.14. The van der Waals surface area contributed by atoms with Gasteiger partial charge in [0.1, 0.15) is 5.75 Å². The van der Waals surface area contributed by atoms with Crippen molar-refractivity contribution in [3.63, 3.8) is 0 Å². The molecule has 1 unspecified atom stereocenters. The smallest absolute Gasteiger partial charge is 0.251 e. The molecule has 3 aliphatic rings. The third kappa shape index (κ3) is 6.51. The van der Waals surface area contributed by atoms with E-state index < -0.39 is 0 Å². The number of anilines is 2. The summed E-state index contributed by atoms with van der Waals surface area (Å²) in [6, 6.07) is 16.1. The largest absolute Gasteiger partial charge is 0.495 e. The topological polar surface area (TPSA) is 125 Å². The highest BCUT2D eigenvalue weighted by atomic mass is 16.5. The first-order valence-electron chi connectivity index (χ1n) is 15.6. The number of nitrogens with zero attached hydrogens (tertiary/aromatic N) is 4. The summed E-state index contributed by atoms with van der Waals surface area (Å²) in [6.07, 6.45) is 7.29. The molecule has 0 bridgehead atoms. The van der Waals surface area contributed by atoms with E-state index in [1.54, 1.807) is 26.3 Å². The number of carbonyl (C=O) groups is 1. The first kappa shape index (κ1) is 29.9. The van der Waals surface area contributed by atoms with Crippen LogP contribution in [0.25, 0.3) is 0 Å². The zero-order valence-corrected chi connectivity index (χ0v) is 25.5. The number of likely N-dealkylation sites (tertiary alicyclic amines) is 1. The van der Waals surface area contributed by atoms with Crippen LogP contribution in [0.3, 0.4) is 0 Å². The Morgan fingerprint density at radius 3 is 2.55 bits per heavy atom. The number of rotatable bonds is 8.